The maximum Gasteiger partial charge on any atom is 0.251 e. The Bertz CT molecular complexity index is 904. The lowest BCUT2D eigenvalue weighted by atomic mass is 10.1. The van der Waals surface area contributed by atoms with Crippen LogP contribution in [0.5, 0.6) is 0 Å². The minimum absolute atomic E-state index is 0.157. The number of thiophene rings is 1. The van der Waals surface area contributed by atoms with Gasteiger partial charge in [-0.15, -0.1) is 11.3 Å². The van der Waals surface area contributed by atoms with Crippen LogP contribution < -0.4 is 10.0 Å². The molecular weight excluding hydrogens is 392 g/mol. The topological polar surface area (TPSA) is 91.4 Å². The molecule has 0 bridgehead atoms. The number of rotatable bonds is 5. The number of nitrogens with one attached hydrogen (secondary N) is 2. The zero-order valence-corrected chi connectivity index (χ0v) is 17.4. The van der Waals surface area contributed by atoms with Crippen molar-refractivity contribution < 1.29 is 13.2 Å². The zero-order chi connectivity index (χ0) is 18.9. The molecule has 142 valence electrons. The van der Waals surface area contributed by atoms with E-state index in [1.165, 1.54) is 29.6 Å². The monoisotopic (exact) mass is 414 g/mol. The quantitative estimate of drug-likeness (QED) is 0.785. The fourth-order valence-electron chi connectivity index (χ4n) is 2.91. The van der Waals surface area contributed by atoms with Crippen molar-refractivity contribution in [1.82, 2.24) is 14.6 Å². The van der Waals surface area contributed by atoms with Crippen molar-refractivity contribution in [3.05, 3.63) is 17.1 Å². The molecule has 2 aromatic heterocycles. The molecule has 0 aromatic carbocycles. The number of likely N-dealkylation sites (tertiary alicyclic amines) is 1. The Hall–Kier alpha value is -1.33. The zero-order valence-electron chi connectivity index (χ0n) is 14.9. The van der Waals surface area contributed by atoms with Crippen LogP contribution in [0.2, 0.25) is 0 Å². The third-order valence-electron chi connectivity index (χ3n) is 4.24. The molecule has 3 heterocycles. The first kappa shape index (κ1) is 19.4. The third-order valence-corrected chi connectivity index (χ3v) is 8.26. The second-order valence-corrected chi connectivity index (χ2v) is 10.2. The van der Waals surface area contributed by atoms with Gasteiger partial charge in [-0.1, -0.05) is 11.3 Å². The van der Waals surface area contributed by atoms with Crippen LogP contribution in [0.15, 0.2) is 15.7 Å². The molecule has 0 saturated carbocycles. The standard InChI is InChI=1S/C16H22N4O3S3/c1-10-15(25-16(17-10)18-11(2)21)12-8-14(24-9-12)26(22,23)19-13-6-4-5-7-20(13)3/h8-9,13,19H,4-7H2,1-3H3,(H,17,18,21). The van der Waals surface area contributed by atoms with Crippen molar-refractivity contribution in [2.45, 2.75) is 43.5 Å². The van der Waals surface area contributed by atoms with Crippen LogP contribution in [0.25, 0.3) is 10.4 Å². The number of anilines is 1. The van der Waals surface area contributed by atoms with E-state index in [-0.39, 0.29) is 12.1 Å². The Morgan fingerprint density at radius 1 is 1.38 bits per heavy atom. The Labute approximate surface area is 161 Å². The normalized spacial score (nSPS) is 18.8. The number of sulfonamides is 1. The number of carbonyl (C=O) groups is 1. The number of aromatic nitrogens is 1. The fourth-order valence-corrected chi connectivity index (χ4v) is 6.45. The first-order chi connectivity index (χ1) is 12.3. The summed E-state index contributed by atoms with van der Waals surface area (Å²) < 4.78 is 28.6. The maximum atomic E-state index is 12.7. The summed E-state index contributed by atoms with van der Waals surface area (Å²) in [6.45, 7) is 4.17. The first-order valence-electron chi connectivity index (χ1n) is 8.33. The second-order valence-electron chi connectivity index (χ2n) is 6.38. The second kappa shape index (κ2) is 7.73. The van der Waals surface area contributed by atoms with Crippen molar-refractivity contribution in [3.63, 3.8) is 0 Å². The largest absolute Gasteiger partial charge is 0.302 e. The van der Waals surface area contributed by atoms with Crippen molar-refractivity contribution in [3.8, 4) is 10.4 Å². The average Bonchev–Trinajstić information content (AvgIpc) is 3.16. The van der Waals surface area contributed by atoms with E-state index in [1.807, 2.05) is 24.3 Å². The number of thiazole rings is 1. The number of amides is 1. The van der Waals surface area contributed by atoms with Crippen molar-refractivity contribution in [2.75, 3.05) is 18.9 Å². The Morgan fingerprint density at radius 2 is 2.15 bits per heavy atom. The minimum Gasteiger partial charge on any atom is -0.302 e. The summed E-state index contributed by atoms with van der Waals surface area (Å²) in [5, 5.41) is 5.00. The van der Waals surface area contributed by atoms with Gasteiger partial charge in [0.1, 0.15) is 4.21 Å². The van der Waals surface area contributed by atoms with Crippen molar-refractivity contribution in [1.29, 1.82) is 0 Å². The van der Waals surface area contributed by atoms with E-state index in [4.69, 9.17) is 0 Å². The van der Waals surface area contributed by atoms with Gasteiger partial charge in [0.25, 0.3) is 10.0 Å². The molecule has 7 nitrogen and oxygen atoms in total. The van der Waals surface area contributed by atoms with E-state index in [0.717, 1.165) is 41.9 Å². The van der Waals surface area contributed by atoms with Crippen molar-refractivity contribution >= 4 is 43.7 Å². The summed E-state index contributed by atoms with van der Waals surface area (Å²) in [6, 6.07) is 1.67. The summed E-state index contributed by atoms with van der Waals surface area (Å²) in [7, 11) is -1.62. The van der Waals surface area contributed by atoms with Gasteiger partial charge >= 0.3 is 0 Å². The van der Waals surface area contributed by atoms with E-state index >= 15 is 0 Å². The summed E-state index contributed by atoms with van der Waals surface area (Å²) in [6.07, 6.45) is 2.79. The molecule has 10 heteroatoms. The van der Waals surface area contributed by atoms with Gasteiger partial charge in [-0.2, -0.15) is 4.72 Å². The van der Waals surface area contributed by atoms with E-state index in [1.54, 1.807) is 6.07 Å². The van der Waals surface area contributed by atoms with E-state index in [2.05, 4.69) is 15.0 Å². The molecule has 3 rings (SSSR count). The summed E-state index contributed by atoms with van der Waals surface area (Å²) in [5.74, 6) is -0.181. The van der Waals surface area contributed by atoms with Gasteiger partial charge in [0.15, 0.2) is 5.13 Å². The molecule has 1 unspecified atom stereocenters. The number of carbonyl (C=O) groups excluding carboxylic acids is 1. The predicted octanol–water partition coefficient (Wildman–Crippen LogP) is 2.86. The average molecular weight is 415 g/mol. The lowest BCUT2D eigenvalue weighted by Gasteiger charge is -2.32. The highest BCUT2D eigenvalue weighted by atomic mass is 32.2. The molecule has 0 radical (unpaired) electrons. The third kappa shape index (κ3) is 4.32. The molecule has 0 spiro atoms. The molecule has 1 aliphatic rings. The number of hydrogen-bond donors (Lipinski definition) is 2. The van der Waals surface area contributed by atoms with Gasteiger partial charge in [-0.05, 0) is 45.8 Å². The van der Waals surface area contributed by atoms with Crippen LogP contribution in [0.1, 0.15) is 31.9 Å². The number of nitrogens with zero attached hydrogens (tertiary/aromatic N) is 2. The molecule has 1 aliphatic heterocycles. The number of aryl methyl sites for hydroxylation is 1. The number of hydrogen-bond acceptors (Lipinski definition) is 7. The highest BCUT2D eigenvalue weighted by Crippen LogP contribution is 2.36. The van der Waals surface area contributed by atoms with Crippen LogP contribution in [0, 0.1) is 6.92 Å². The van der Waals surface area contributed by atoms with Gasteiger partial charge in [-0.25, -0.2) is 13.4 Å². The van der Waals surface area contributed by atoms with Gasteiger partial charge in [0.2, 0.25) is 5.91 Å². The molecule has 1 atom stereocenters. The molecule has 1 amide bonds. The van der Waals surface area contributed by atoms with Gasteiger partial charge < -0.3 is 5.32 Å². The predicted molar refractivity (Wildman–Crippen MR) is 105 cm³/mol. The van der Waals surface area contributed by atoms with E-state index in [9.17, 15) is 13.2 Å². The van der Waals surface area contributed by atoms with E-state index in [0.29, 0.717) is 9.34 Å². The van der Waals surface area contributed by atoms with Crippen LogP contribution in [0.4, 0.5) is 5.13 Å². The van der Waals surface area contributed by atoms with Crippen LogP contribution >= 0.6 is 22.7 Å². The van der Waals surface area contributed by atoms with E-state index < -0.39 is 10.0 Å². The summed E-state index contributed by atoms with van der Waals surface area (Å²) in [5.41, 5.74) is 1.57. The summed E-state index contributed by atoms with van der Waals surface area (Å²) >= 11 is 2.54. The Balaban J connectivity index is 1.80. The highest BCUT2D eigenvalue weighted by Gasteiger charge is 2.26. The molecule has 26 heavy (non-hydrogen) atoms. The summed E-state index contributed by atoms with van der Waals surface area (Å²) in [4.78, 5) is 18.4. The van der Waals surface area contributed by atoms with Crippen LogP contribution in [-0.2, 0) is 14.8 Å². The smallest absolute Gasteiger partial charge is 0.251 e. The fraction of sp³-hybridized carbons (Fsp3) is 0.500. The Morgan fingerprint density at radius 3 is 2.85 bits per heavy atom. The lowest BCUT2D eigenvalue weighted by molar-refractivity contribution is -0.114. The SMILES string of the molecule is CC(=O)Nc1nc(C)c(-c2csc(S(=O)(=O)NC3CCCCN3C)c2)s1. The molecule has 0 aliphatic carbocycles. The van der Waals surface area contributed by atoms with Gasteiger partial charge in [0, 0.05) is 17.9 Å². The van der Waals surface area contributed by atoms with Gasteiger partial charge in [-0.3, -0.25) is 9.69 Å². The molecular formula is C16H22N4O3S3. The molecule has 2 N–H and O–H groups in total. The molecule has 2 aromatic rings. The van der Waals surface area contributed by atoms with Crippen LogP contribution in [-0.4, -0.2) is 44.0 Å². The van der Waals surface area contributed by atoms with Crippen molar-refractivity contribution in [2.24, 2.45) is 0 Å². The lowest BCUT2D eigenvalue weighted by Crippen LogP contribution is -2.48. The minimum atomic E-state index is -3.56. The molecule has 1 fully saturated rings. The number of piperidine rings is 1. The molecule has 1 saturated heterocycles. The highest BCUT2D eigenvalue weighted by molar-refractivity contribution is 7.91. The maximum absolute atomic E-state index is 12.7. The van der Waals surface area contributed by atoms with Crippen LogP contribution in [0.3, 0.4) is 0 Å². The van der Waals surface area contributed by atoms with Gasteiger partial charge in [0.05, 0.1) is 16.7 Å². The first-order valence-corrected chi connectivity index (χ1v) is 11.5. The Kier molecular flexibility index (Phi) is 5.78.